The summed E-state index contributed by atoms with van der Waals surface area (Å²) in [6.45, 7) is 0.315. The summed E-state index contributed by atoms with van der Waals surface area (Å²) in [5.41, 5.74) is 8.08. The van der Waals surface area contributed by atoms with E-state index in [0.29, 0.717) is 12.1 Å². The minimum atomic E-state index is -0.231. The third kappa shape index (κ3) is 3.04. The summed E-state index contributed by atoms with van der Waals surface area (Å²) >= 11 is 0. The van der Waals surface area contributed by atoms with Crippen LogP contribution in [0.5, 0.6) is 0 Å². The molecule has 0 spiro atoms. The van der Waals surface area contributed by atoms with Crippen molar-refractivity contribution in [1.29, 1.82) is 0 Å². The third-order valence-electron chi connectivity index (χ3n) is 1.40. The van der Waals surface area contributed by atoms with Crippen LogP contribution >= 0.6 is 0 Å². The number of hydrazone groups is 1. The van der Waals surface area contributed by atoms with Crippen molar-refractivity contribution in [2.75, 3.05) is 6.54 Å². The van der Waals surface area contributed by atoms with Gasteiger partial charge in [-0.15, -0.1) is 0 Å². The smallest absolute Gasteiger partial charge is 0.271 e. The lowest BCUT2D eigenvalue weighted by Gasteiger charge is -1.97. The van der Waals surface area contributed by atoms with Gasteiger partial charge in [0.2, 0.25) is 0 Å². The molecule has 1 aromatic rings. The number of amides is 1. The molecule has 0 aromatic heterocycles. The Bertz CT molecular complexity index is 295. The van der Waals surface area contributed by atoms with Crippen LogP contribution < -0.4 is 11.2 Å². The monoisotopic (exact) mass is 177 g/mol. The topological polar surface area (TPSA) is 67.5 Å². The zero-order chi connectivity index (χ0) is 9.52. The maximum Gasteiger partial charge on any atom is 0.271 e. The number of hydrogen-bond donors (Lipinski definition) is 2. The van der Waals surface area contributed by atoms with Gasteiger partial charge < -0.3 is 5.73 Å². The van der Waals surface area contributed by atoms with E-state index in [9.17, 15) is 4.79 Å². The lowest BCUT2D eigenvalue weighted by molar-refractivity contribution is 0.0955. The van der Waals surface area contributed by atoms with E-state index >= 15 is 0 Å². The van der Waals surface area contributed by atoms with E-state index in [-0.39, 0.29) is 5.91 Å². The second kappa shape index (κ2) is 5.05. The van der Waals surface area contributed by atoms with Crippen molar-refractivity contribution in [3.63, 3.8) is 0 Å². The highest BCUT2D eigenvalue weighted by molar-refractivity contribution is 5.94. The van der Waals surface area contributed by atoms with Gasteiger partial charge in [-0.25, -0.2) is 5.43 Å². The van der Waals surface area contributed by atoms with Crippen LogP contribution in [0.3, 0.4) is 0 Å². The highest BCUT2D eigenvalue weighted by Gasteiger charge is 2.00. The fourth-order valence-corrected chi connectivity index (χ4v) is 0.811. The number of nitrogens with one attached hydrogen (secondary N) is 1. The highest BCUT2D eigenvalue weighted by atomic mass is 16.2. The van der Waals surface area contributed by atoms with Gasteiger partial charge >= 0.3 is 0 Å². The first-order chi connectivity index (χ1) is 6.34. The summed E-state index contributed by atoms with van der Waals surface area (Å²) in [4.78, 5) is 11.3. The fraction of sp³-hybridized carbons (Fsp3) is 0.111. The van der Waals surface area contributed by atoms with Crippen molar-refractivity contribution >= 4 is 12.1 Å². The SMILES string of the molecule is NC/C=N/NC(=O)c1ccccc1. The van der Waals surface area contributed by atoms with Gasteiger partial charge in [0.1, 0.15) is 0 Å². The molecule has 68 valence electrons. The van der Waals surface area contributed by atoms with Gasteiger partial charge in [0, 0.05) is 18.3 Å². The van der Waals surface area contributed by atoms with Crippen molar-refractivity contribution in [3.05, 3.63) is 35.9 Å². The van der Waals surface area contributed by atoms with Crippen molar-refractivity contribution in [1.82, 2.24) is 5.43 Å². The van der Waals surface area contributed by atoms with Gasteiger partial charge in [0.15, 0.2) is 0 Å². The van der Waals surface area contributed by atoms with Crippen LogP contribution in [0.1, 0.15) is 10.4 Å². The summed E-state index contributed by atoms with van der Waals surface area (Å²) in [7, 11) is 0. The number of nitrogens with two attached hydrogens (primary N) is 1. The van der Waals surface area contributed by atoms with Crippen LogP contribution in [0.4, 0.5) is 0 Å². The lowest BCUT2D eigenvalue weighted by atomic mass is 10.2. The fourth-order valence-electron chi connectivity index (χ4n) is 0.811. The normalized spacial score (nSPS) is 10.2. The van der Waals surface area contributed by atoms with E-state index in [4.69, 9.17) is 5.73 Å². The molecular weight excluding hydrogens is 166 g/mol. The van der Waals surface area contributed by atoms with E-state index in [2.05, 4.69) is 10.5 Å². The minimum Gasteiger partial charge on any atom is -0.326 e. The van der Waals surface area contributed by atoms with Gasteiger partial charge in [-0.1, -0.05) is 18.2 Å². The Kier molecular flexibility index (Phi) is 3.66. The molecule has 0 fully saturated rings. The van der Waals surface area contributed by atoms with E-state index in [0.717, 1.165) is 0 Å². The number of rotatable bonds is 3. The average molecular weight is 177 g/mol. The van der Waals surface area contributed by atoms with Crippen LogP contribution in [0.25, 0.3) is 0 Å². The maximum absolute atomic E-state index is 11.3. The Balaban J connectivity index is 2.54. The Hall–Kier alpha value is -1.68. The number of hydrogen-bond acceptors (Lipinski definition) is 3. The Morgan fingerprint density at radius 1 is 1.46 bits per heavy atom. The lowest BCUT2D eigenvalue weighted by Crippen LogP contribution is -2.18. The summed E-state index contributed by atoms with van der Waals surface area (Å²) in [6.07, 6.45) is 1.43. The summed E-state index contributed by atoms with van der Waals surface area (Å²) in [5, 5.41) is 3.62. The molecule has 1 rings (SSSR count). The minimum absolute atomic E-state index is 0.231. The predicted octanol–water partition coefficient (Wildman–Crippen LogP) is 0.361. The van der Waals surface area contributed by atoms with Gasteiger partial charge in [-0.3, -0.25) is 4.79 Å². The largest absolute Gasteiger partial charge is 0.326 e. The molecule has 0 aliphatic carbocycles. The van der Waals surface area contributed by atoms with Crippen molar-refractivity contribution in [3.8, 4) is 0 Å². The number of nitrogens with zero attached hydrogens (tertiary/aromatic N) is 1. The molecular formula is C9H11N3O. The zero-order valence-corrected chi connectivity index (χ0v) is 7.10. The van der Waals surface area contributed by atoms with Crippen molar-refractivity contribution < 1.29 is 4.79 Å². The number of carbonyl (C=O) groups excluding carboxylic acids is 1. The summed E-state index contributed by atoms with van der Waals surface area (Å²) in [5.74, 6) is -0.231. The molecule has 4 nitrogen and oxygen atoms in total. The third-order valence-corrected chi connectivity index (χ3v) is 1.40. The average Bonchev–Trinajstić information content (AvgIpc) is 2.19. The molecule has 0 saturated carbocycles. The van der Waals surface area contributed by atoms with Crippen LogP contribution in [0.15, 0.2) is 35.4 Å². The number of benzene rings is 1. The zero-order valence-electron chi connectivity index (χ0n) is 7.10. The molecule has 0 aliphatic rings. The molecule has 0 saturated heterocycles. The van der Waals surface area contributed by atoms with Crippen LogP contribution in [0.2, 0.25) is 0 Å². The second-order valence-electron chi connectivity index (χ2n) is 2.35. The molecule has 0 aliphatic heterocycles. The molecule has 0 heterocycles. The molecule has 4 heteroatoms. The molecule has 1 amide bonds. The summed E-state index contributed by atoms with van der Waals surface area (Å²) < 4.78 is 0. The quantitative estimate of drug-likeness (QED) is 0.517. The molecule has 0 atom stereocenters. The summed E-state index contributed by atoms with van der Waals surface area (Å²) in [6, 6.07) is 8.86. The van der Waals surface area contributed by atoms with Crippen molar-refractivity contribution in [2.24, 2.45) is 10.8 Å². The van der Waals surface area contributed by atoms with E-state index < -0.39 is 0 Å². The first kappa shape index (κ1) is 9.41. The Labute approximate surface area is 76.4 Å². The van der Waals surface area contributed by atoms with Crippen LogP contribution in [-0.2, 0) is 0 Å². The Morgan fingerprint density at radius 2 is 2.15 bits per heavy atom. The van der Waals surface area contributed by atoms with E-state index in [1.54, 1.807) is 24.3 Å². The molecule has 1 aromatic carbocycles. The molecule has 0 radical (unpaired) electrons. The molecule has 0 unspecified atom stereocenters. The predicted molar refractivity (Wildman–Crippen MR) is 51.5 cm³/mol. The van der Waals surface area contributed by atoms with Gasteiger partial charge in [0.05, 0.1) is 0 Å². The molecule has 3 N–H and O–H groups in total. The van der Waals surface area contributed by atoms with Gasteiger partial charge in [-0.05, 0) is 12.1 Å². The number of carbonyl (C=O) groups is 1. The van der Waals surface area contributed by atoms with Crippen LogP contribution in [0, 0.1) is 0 Å². The second-order valence-corrected chi connectivity index (χ2v) is 2.35. The first-order valence-corrected chi connectivity index (χ1v) is 3.91. The van der Waals surface area contributed by atoms with Crippen molar-refractivity contribution in [2.45, 2.75) is 0 Å². The van der Waals surface area contributed by atoms with E-state index in [1.165, 1.54) is 6.21 Å². The van der Waals surface area contributed by atoms with E-state index in [1.807, 2.05) is 6.07 Å². The maximum atomic E-state index is 11.3. The highest BCUT2D eigenvalue weighted by Crippen LogP contribution is 1.96. The standard InChI is InChI=1S/C9H11N3O/c10-6-7-11-12-9(13)8-4-2-1-3-5-8/h1-5,7H,6,10H2,(H,12,13)/b11-7+. The first-order valence-electron chi connectivity index (χ1n) is 3.91. The van der Waals surface area contributed by atoms with Gasteiger partial charge in [0.25, 0.3) is 5.91 Å². The van der Waals surface area contributed by atoms with Gasteiger partial charge in [-0.2, -0.15) is 5.10 Å². The van der Waals surface area contributed by atoms with Crippen LogP contribution in [-0.4, -0.2) is 18.7 Å². The molecule has 0 bridgehead atoms. The Morgan fingerprint density at radius 3 is 2.77 bits per heavy atom. The molecule has 13 heavy (non-hydrogen) atoms.